The van der Waals surface area contributed by atoms with E-state index in [1.54, 1.807) is 0 Å². The number of alkyl halides is 3. The summed E-state index contributed by atoms with van der Waals surface area (Å²) in [6, 6.07) is 0.828. The fraction of sp³-hybridized carbons (Fsp3) is 0.556. The Labute approximate surface area is 95.0 Å². The molecule has 0 aromatic carbocycles. The van der Waals surface area contributed by atoms with Crippen molar-refractivity contribution in [2.75, 3.05) is 0 Å². The second-order valence-electron chi connectivity index (χ2n) is 3.93. The quantitative estimate of drug-likeness (QED) is 0.839. The van der Waals surface area contributed by atoms with E-state index in [0.29, 0.717) is 0 Å². The maximum Gasteiger partial charge on any atom is 0.435 e. The number of carboxylic acid groups (broad SMARTS) is 1. The van der Waals surface area contributed by atoms with E-state index < -0.39 is 23.4 Å². The van der Waals surface area contributed by atoms with Gasteiger partial charge in [0, 0.05) is 12.7 Å². The van der Waals surface area contributed by atoms with Crippen molar-refractivity contribution in [1.82, 2.24) is 9.78 Å². The molecule has 1 aromatic rings. The Balaban J connectivity index is 2.66. The van der Waals surface area contributed by atoms with Crippen molar-refractivity contribution in [2.24, 2.45) is 5.73 Å². The van der Waals surface area contributed by atoms with Gasteiger partial charge in [0.25, 0.3) is 0 Å². The van der Waals surface area contributed by atoms with E-state index in [4.69, 9.17) is 10.8 Å². The third-order valence-corrected chi connectivity index (χ3v) is 2.28. The molecule has 0 saturated heterocycles. The summed E-state index contributed by atoms with van der Waals surface area (Å²) in [6.45, 7) is 1.30. The summed E-state index contributed by atoms with van der Waals surface area (Å²) < 4.78 is 37.7. The fourth-order valence-electron chi connectivity index (χ4n) is 1.09. The lowest BCUT2D eigenvalue weighted by Crippen LogP contribution is -2.45. The SMILES string of the molecule is CC(N)(CCn1ccc(C(F)(F)F)n1)C(=O)O. The molecule has 96 valence electrons. The van der Waals surface area contributed by atoms with Gasteiger partial charge in [0.15, 0.2) is 5.69 Å². The molecule has 3 N–H and O–H groups in total. The predicted octanol–water partition coefficient (Wildman–Crippen LogP) is 1.09. The number of aryl methyl sites for hydroxylation is 1. The van der Waals surface area contributed by atoms with Crippen LogP contribution in [0.1, 0.15) is 19.0 Å². The molecule has 0 aliphatic heterocycles. The number of nitrogens with zero attached hydrogens (tertiary/aromatic N) is 2. The summed E-state index contributed by atoms with van der Waals surface area (Å²) >= 11 is 0. The molecule has 0 amide bonds. The number of carboxylic acids is 1. The summed E-state index contributed by atoms with van der Waals surface area (Å²) in [4.78, 5) is 10.7. The van der Waals surface area contributed by atoms with Crippen LogP contribution in [0.2, 0.25) is 0 Å². The van der Waals surface area contributed by atoms with Gasteiger partial charge in [-0.2, -0.15) is 18.3 Å². The van der Waals surface area contributed by atoms with Crippen LogP contribution in [0.3, 0.4) is 0 Å². The highest BCUT2D eigenvalue weighted by Crippen LogP contribution is 2.27. The molecule has 1 rings (SSSR count). The zero-order valence-corrected chi connectivity index (χ0v) is 9.03. The van der Waals surface area contributed by atoms with Crippen LogP contribution >= 0.6 is 0 Å². The smallest absolute Gasteiger partial charge is 0.435 e. The average molecular weight is 251 g/mol. The van der Waals surface area contributed by atoms with Crippen LogP contribution in [0.5, 0.6) is 0 Å². The summed E-state index contributed by atoms with van der Waals surface area (Å²) in [5.41, 5.74) is 2.95. The van der Waals surface area contributed by atoms with Crippen molar-refractivity contribution in [3.05, 3.63) is 18.0 Å². The van der Waals surface area contributed by atoms with E-state index in [1.165, 1.54) is 6.92 Å². The van der Waals surface area contributed by atoms with Crippen molar-refractivity contribution < 1.29 is 23.1 Å². The highest BCUT2D eigenvalue weighted by molar-refractivity contribution is 5.77. The number of carbonyl (C=O) groups is 1. The monoisotopic (exact) mass is 251 g/mol. The maximum absolute atomic E-state index is 12.2. The molecular weight excluding hydrogens is 239 g/mol. The van der Waals surface area contributed by atoms with Crippen molar-refractivity contribution >= 4 is 5.97 Å². The van der Waals surface area contributed by atoms with Crippen molar-refractivity contribution in [2.45, 2.75) is 31.6 Å². The number of rotatable bonds is 4. The Hall–Kier alpha value is -1.57. The van der Waals surface area contributed by atoms with Gasteiger partial charge < -0.3 is 10.8 Å². The standard InChI is InChI=1S/C9H12F3N3O2/c1-8(13,7(16)17)3-5-15-4-2-6(14-15)9(10,11)12/h2,4H,3,5,13H2,1H3,(H,16,17). The van der Waals surface area contributed by atoms with Crippen LogP contribution in [0, 0.1) is 0 Å². The predicted molar refractivity (Wildman–Crippen MR) is 52.1 cm³/mol. The van der Waals surface area contributed by atoms with Crippen LogP contribution in [0.4, 0.5) is 13.2 Å². The molecule has 0 radical (unpaired) electrons. The van der Waals surface area contributed by atoms with Gasteiger partial charge in [0.2, 0.25) is 0 Å². The van der Waals surface area contributed by atoms with Gasteiger partial charge >= 0.3 is 12.1 Å². The molecule has 17 heavy (non-hydrogen) atoms. The Morgan fingerprint density at radius 3 is 2.59 bits per heavy atom. The second kappa shape index (κ2) is 4.36. The highest BCUT2D eigenvalue weighted by Gasteiger charge is 2.34. The largest absolute Gasteiger partial charge is 0.480 e. The molecule has 1 aromatic heterocycles. The normalized spacial score (nSPS) is 15.6. The van der Waals surface area contributed by atoms with Gasteiger partial charge in [-0.1, -0.05) is 0 Å². The number of halogens is 3. The molecule has 0 saturated carbocycles. The first-order valence-electron chi connectivity index (χ1n) is 4.76. The Kier molecular flexibility index (Phi) is 3.46. The van der Waals surface area contributed by atoms with Crippen molar-refractivity contribution in [1.29, 1.82) is 0 Å². The molecule has 0 aliphatic carbocycles. The first-order chi connectivity index (χ1) is 7.63. The third-order valence-electron chi connectivity index (χ3n) is 2.28. The van der Waals surface area contributed by atoms with E-state index in [-0.39, 0.29) is 13.0 Å². The Morgan fingerprint density at radius 2 is 2.18 bits per heavy atom. The van der Waals surface area contributed by atoms with Crippen molar-refractivity contribution in [3.63, 3.8) is 0 Å². The first kappa shape index (κ1) is 13.5. The van der Waals surface area contributed by atoms with Gasteiger partial charge in [-0.25, -0.2) is 0 Å². The van der Waals surface area contributed by atoms with E-state index in [2.05, 4.69) is 5.10 Å². The molecule has 1 unspecified atom stereocenters. The minimum absolute atomic E-state index is 0.00931. The molecule has 0 fully saturated rings. The lowest BCUT2D eigenvalue weighted by molar-refractivity contribution is -0.143. The molecule has 5 nitrogen and oxygen atoms in total. The lowest BCUT2D eigenvalue weighted by atomic mass is 10.00. The molecule has 1 atom stereocenters. The van der Waals surface area contributed by atoms with Gasteiger partial charge in [0.05, 0.1) is 0 Å². The van der Waals surface area contributed by atoms with E-state index in [1.807, 2.05) is 0 Å². The summed E-state index contributed by atoms with van der Waals surface area (Å²) in [5, 5.41) is 12.0. The third kappa shape index (κ3) is 3.45. The molecule has 0 bridgehead atoms. The maximum atomic E-state index is 12.2. The molecule has 1 heterocycles. The van der Waals surface area contributed by atoms with Crippen LogP contribution in [0.25, 0.3) is 0 Å². The lowest BCUT2D eigenvalue weighted by Gasteiger charge is -2.18. The van der Waals surface area contributed by atoms with Crippen LogP contribution in [-0.2, 0) is 17.5 Å². The zero-order valence-electron chi connectivity index (χ0n) is 9.03. The summed E-state index contributed by atoms with van der Waals surface area (Å²) in [6.07, 6.45) is -3.37. The number of hydrogen-bond donors (Lipinski definition) is 2. The molecule has 0 spiro atoms. The number of nitrogens with two attached hydrogens (primary N) is 1. The van der Waals surface area contributed by atoms with Gasteiger partial charge in [0.1, 0.15) is 5.54 Å². The molecule has 0 aliphatic rings. The summed E-state index contributed by atoms with van der Waals surface area (Å²) in [5.74, 6) is -1.21. The molecule has 8 heteroatoms. The van der Waals surface area contributed by atoms with E-state index in [9.17, 15) is 18.0 Å². The zero-order chi connectivity index (χ0) is 13.3. The van der Waals surface area contributed by atoms with E-state index >= 15 is 0 Å². The topological polar surface area (TPSA) is 81.1 Å². The minimum Gasteiger partial charge on any atom is -0.480 e. The molecular formula is C9H12F3N3O2. The van der Waals surface area contributed by atoms with Gasteiger partial charge in [-0.3, -0.25) is 9.48 Å². The Bertz CT molecular complexity index is 412. The number of aromatic nitrogens is 2. The average Bonchev–Trinajstić information content (AvgIpc) is 2.62. The fourth-order valence-corrected chi connectivity index (χ4v) is 1.09. The minimum atomic E-state index is -4.50. The van der Waals surface area contributed by atoms with Crippen LogP contribution < -0.4 is 5.73 Å². The first-order valence-corrected chi connectivity index (χ1v) is 4.76. The van der Waals surface area contributed by atoms with Crippen molar-refractivity contribution in [3.8, 4) is 0 Å². The Morgan fingerprint density at radius 1 is 1.59 bits per heavy atom. The number of aliphatic carboxylic acids is 1. The number of hydrogen-bond acceptors (Lipinski definition) is 3. The van der Waals surface area contributed by atoms with Gasteiger partial charge in [-0.15, -0.1) is 0 Å². The van der Waals surface area contributed by atoms with Crippen LogP contribution in [0.15, 0.2) is 12.3 Å². The highest BCUT2D eigenvalue weighted by atomic mass is 19.4. The van der Waals surface area contributed by atoms with Crippen LogP contribution in [-0.4, -0.2) is 26.4 Å². The summed E-state index contributed by atoms with van der Waals surface area (Å²) in [7, 11) is 0. The van der Waals surface area contributed by atoms with E-state index in [0.717, 1.165) is 16.9 Å². The second-order valence-corrected chi connectivity index (χ2v) is 3.93. The van der Waals surface area contributed by atoms with Gasteiger partial charge in [-0.05, 0) is 19.4 Å².